The van der Waals surface area contributed by atoms with Gasteiger partial charge in [0.1, 0.15) is 17.9 Å². The molecule has 0 amide bonds. The number of ketones is 1. The van der Waals surface area contributed by atoms with Gasteiger partial charge in [0.25, 0.3) is 5.56 Å². The Labute approximate surface area is 180 Å². The monoisotopic (exact) mass is 441 g/mol. The maximum Gasteiger partial charge on any atom is 0.333 e. The highest BCUT2D eigenvalue weighted by Gasteiger charge is 2.24. The van der Waals surface area contributed by atoms with Gasteiger partial charge in [-0.3, -0.25) is 19.0 Å². The van der Waals surface area contributed by atoms with Crippen molar-refractivity contribution in [3.8, 4) is 0 Å². The highest BCUT2D eigenvalue weighted by atomic mass is 32.2. The van der Waals surface area contributed by atoms with Crippen LogP contribution in [0.3, 0.4) is 0 Å². The molecule has 0 radical (unpaired) electrons. The summed E-state index contributed by atoms with van der Waals surface area (Å²) in [5, 5.41) is 0.349. The minimum atomic E-state index is -0.947. The van der Waals surface area contributed by atoms with E-state index in [-0.39, 0.29) is 23.7 Å². The maximum atomic E-state index is 12.9. The van der Waals surface area contributed by atoms with Gasteiger partial charge in [-0.1, -0.05) is 42.1 Å². The highest BCUT2D eigenvalue weighted by molar-refractivity contribution is 7.99. The molecule has 0 spiro atoms. The number of methoxy groups -OCH3 is 1. The van der Waals surface area contributed by atoms with Crippen LogP contribution in [-0.4, -0.2) is 43.7 Å². The Bertz CT molecular complexity index is 1210. The molecular weight excluding hydrogens is 422 g/mol. The van der Waals surface area contributed by atoms with E-state index in [1.165, 1.54) is 12.4 Å². The van der Waals surface area contributed by atoms with Crippen molar-refractivity contribution in [2.45, 2.75) is 18.2 Å². The third kappa shape index (κ3) is 5.07. The predicted octanol–water partition coefficient (Wildman–Crippen LogP) is 0.578. The molecule has 0 aliphatic heterocycles. The number of anilines is 1. The van der Waals surface area contributed by atoms with Gasteiger partial charge in [0, 0.05) is 12.4 Å². The molecule has 160 valence electrons. The molecule has 0 aliphatic rings. The number of rotatable bonds is 8. The molecule has 0 bridgehead atoms. The van der Waals surface area contributed by atoms with Crippen molar-refractivity contribution in [2.24, 2.45) is 0 Å². The van der Waals surface area contributed by atoms with Gasteiger partial charge in [-0.25, -0.2) is 19.3 Å². The third-order valence-corrected chi connectivity index (χ3v) is 5.19. The Balaban J connectivity index is 2.05. The van der Waals surface area contributed by atoms with Crippen LogP contribution in [0.2, 0.25) is 0 Å². The number of carbonyl (C=O) groups excluding carboxylic acids is 2. The number of nitrogen functional groups attached to an aromatic ring is 1. The number of ether oxygens (including phenoxy) is 1. The minimum absolute atomic E-state index is 0.0161. The molecule has 0 fully saturated rings. The second-order valence-electron chi connectivity index (χ2n) is 6.33. The number of thioether (sulfide) groups is 1. The zero-order chi connectivity index (χ0) is 22.4. The molecule has 0 aliphatic carbocycles. The second-order valence-corrected chi connectivity index (χ2v) is 7.27. The van der Waals surface area contributed by atoms with Gasteiger partial charge in [-0.05, 0) is 11.6 Å². The van der Waals surface area contributed by atoms with Crippen molar-refractivity contribution in [2.75, 3.05) is 18.6 Å². The molecule has 2 heterocycles. The number of nitrogens with zero attached hydrogens (tertiary/aromatic N) is 4. The SMILES string of the molecule is COC(=O)Cn1c(=O)c(C(=O)CSc2ncccn2)c(N)n(Cc2ccccc2)c1=O. The summed E-state index contributed by atoms with van der Waals surface area (Å²) in [6.07, 6.45) is 3.05. The lowest BCUT2D eigenvalue weighted by molar-refractivity contribution is -0.141. The second kappa shape index (κ2) is 9.85. The number of nitrogens with two attached hydrogens (primary N) is 1. The first-order valence-electron chi connectivity index (χ1n) is 9.09. The van der Waals surface area contributed by atoms with Gasteiger partial charge >= 0.3 is 11.7 Å². The van der Waals surface area contributed by atoms with E-state index in [0.29, 0.717) is 9.72 Å². The van der Waals surface area contributed by atoms with E-state index in [0.717, 1.165) is 29.0 Å². The fourth-order valence-electron chi connectivity index (χ4n) is 2.79. The van der Waals surface area contributed by atoms with Crippen LogP contribution in [-0.2, 0) is 22.6 Å². The summed E-state index contributed by atoms with van der Waals surface area (Å²) >= 11 is 1.02. The van der Waals surface area contributed by atoms with Gasteiger partial charge in [0.15, 0.2) is 10.9 Å². The van der Waals surface area contributed by atoms with Crippen LogP contribution in [0.4, 0.5) is 5.82 Å². The van der Waals surface area contributed by atoms with E-state index in [1.54, 1.807) is 30.3 Å². The summed E-state index contributed by atoms with van der Waals surface area (Å²) in [7, 11) is 1.13. The summed E-state index contributed by atoms with van der Waals surface area (Å²) in [4.78, 5) is 58.5. The van der Waals surface area contributed by atoms with Crippen LogP contribution in [0.1, 0.15) is 15.9 Å². The number of esters is 1. The summed E-state index contributed by atoms with van der Waals surface area (Å²) in [5.74, 6) is -1.86. The molecule has 3 aromatic rings. The topological polar surface area (TPSA) is 139 Å². The van der Waals surface area contributed by atoms with E-state index in [4.69, 9.17) is 5.73 Å². The van der Waals surface area contributed by atoms with Crippen molar-refractivity contribution in [3.05, 3.63) is 80.8 Å². The van der Waals surface area contributed by atoms with Gasteiger partial charge in [0.05, 0.1) is 19.4 Å². The number of Topliss-reactive ketones (excluding diaryl/α,β-unsaturated/α-hetero) is 1. The van der Waals surface area contributed by atoms with Crippen LogP contribution in [0.15, 0.2) is 63.5 Å². The number of benzene rings is 1. The molecule has 2 N–H and O–H groups in total. The lowest BCUT2D eigenvalue weighted by Crippen LogP contribution is -2.45. The zero-order valence-corrected chi connectivity index (χ0v) is 17.4. The van der Waals surface area contributed by atoms with Crippen molar-refractivity contribution < 1.29 is 14.3 Å². The van der Waals surface area contributed by atoms with E-state index in [9.17, 15) is 19.2 Å². The first-order valence-corrected chi connectivity index (χ1v) is 10.1. The molecule has 2 aromatic heterocycles. The Kier molecular flexibility index (Phi) is 6.98. The number of carbonyl (C=O) groups is 2. The summed E-state index contributed by atoms with van der Waals surface area (Å²) in [6.45, 7) is -0.624. The average molecular weight is 441 g/mol. The average Bonchev–Trinajstić information content (AvgIpc) is 2.79. The van der Waals surface area contributed by atoms with E-state index < -0.39 is 29.5 Å². The van der Waals surface area contributed by atoms with Crippen molar-refractivity contribution >= 4 is 29.3 Å². The Hall–Kier alpha value is -3.73. The molecule has 1 aromatic carbocycles. The molecule has 0 unspecified atom stereocenters. The van der Waals surface area contributed by atoms with E-state index in [1.807, 2.05) is 6.07 Å². The third-order valence-electron chi connectivity index (χ3n) is 4.32. The number of aromatic nitrogens is 4. The van der Waals surface area contributed by atoms with Crippen LogP contribution >= 0.6 is 11.8 Å². The summed E-state index contributed by atoms with van der Waals surface area (Å²) < 4.78 is 6.32. The lowest BCUT2D eigenvalue weighted by Gasteiger charge is -2.16. The highest BCUT2D eigenvalue weighted by Crippen LogP contribution is 2.16. The summed E-state index contributed by atoms with van der Waals surface area (Å²) in [5.41, 5.74) is 4.70. The van der Waals surface area contributed by atoms with E-state index in [2.05, 4.69) is 14.7 Å². The van der Waals surface area contributed by atoms with E-state index >= 15 is 0 Å². The van der Waals surface area contributed by atoms with Crippen LogP contribution in [0.5, 0.6) is 0 Å². The molecule has 10 nitrogen and oxygen atoms in total. The summed E-state index contributed by atoms with van der Waals surface area (Å²) in [6, 6.07) is 10.5. The first-order chi connectivity index (χ1) is 14.9. The van der Waals surface area contributed by atoms with Crippen LogP contribution in [0, 0.1) is 0 Å². The molecule has 11 heteroatoms. The van der Waals surface area contributed by atoms with Gasteiger partial charge in [-0.15, -0.1) is 0 Å². The number of hydrogen-bond donors (Lipinski definition) is 1. The molecular formula is C20H19N5O5S. The Morgan fingerprint density at radius 1 is 1.06 bits per heavy atom. The smallest absolute Gasteiger partial charge is 0.333 e. The molecule has 0 saturated heterocycles. The van der Waals surface area contributed by atoms with Crippen LogP contribution < -0.4 is 17.0 Å². The largest absolute Gasteiger partial charge is 0.468 e. The molecule has 0 saturated carbocycles. The standard InChI is InChI=1S/C20H19N5O5S/c1-30-15(27)11-25-18(28)16(14(26)12-31-19-22-8-5-9-23-19)17(21)24(20(25)29)10-13-6-3-2-4-7-13/h2-9H,10-12,21H2,1H3. The van der Waals surface area contributed by atoms with Crippen molar-refractivity contribution in [1.82, 2.24) is 19.1 Å². The fraction of sp³-hybridized carbons (Fsp3) is 0.200. The minimum Gasteiger partial charge on any atom is -0.468 e. The molecule has 3 rings (SSSR count). The zero-order valence-electron chi connectivity index (χ0n) is 16.6. The lowest BCUT2D eigenvalue weighted by atomic mass is 10.2. The molecule has 0 atom stereocenters. The Morgan fingerprint density at radius 2 is 1.74 bits per heavy atom. The van der Waals surface area contributed by atoms with Gasteiger partial charge in [0.2, 0.25) is 0 Å². The van der Waals surface area contributed by atoms with Crippen molar-refractivity contribution in [3.63, 3.8) is 0 Å². The molecule has 31 heavy (non-hydrogen) atoms. The number of hydrogen-bond acceptors (Lipinski definition) is 9. The van der Waals surface area contributed by atoms with Gasteiger partial charge < -0.3 is 10.5 Å². The maximum absolute atomic E-state index is 12.9. The predicted molar refractivity (Wildman–Crippen MR) is 114 cm³/mol. The quantitative estimate of drug-likeness (QED) is 0.230. The van der Waals surface area contributed by atoms with Gasteiger partial charge in [-0.2, -0.15) is 0 Å². The fourth-order valence-corrected chi connectivity index (χ4v) is 3.47. The van der Waals surface area contributed by atoms with Crippen LogP contribution in [0.25, 0.3) is 0 Å². The van der Waals surface area contributed by atoms with Crippen molar-refractivity contribution in [1.29, 1.82) is 0 Å². The normalized spacial score (nSPS) is 10.6. The first kappa shape index (κ1) is 22.0. The Morgan fingerprint density at radius 3 is 2.39 bits per heavy atom.